The van der Waals surface area contributed by atoms with E-state index in [1.807, 2.05) is 6.92 Å². The van der Waals surface area contributed by atoms with Crippen LogP contribution in [-0.2, 0) is 9.59 Å². The highest BCUT2D eigenvalue weighted by Gasteiger charge is 2.43. The molecule has 0 saturated carbocycles. The Kier molecular flexibility index (Phi) is 4.29. The third-order valence-electron chi connectivity index (χ3n) is 5.08. The van der Waals surface area contributed by atoms with Gasteiger partial charge in [0.1, 0.15) is 5.92 Å². The van der Waals surface area contributed by atoms with Crippen LogP contribution in [0.5, 0.6) is 0 Å². The SMILES string of the molecule is CC1(CN)CCN(C(=O)C2CCN(c3ccc(F)c(F)c3)C2=O)C1. The van der Waals surface area contributed by atoms with Crippen LogP contribution < -0.4 is 10.6 Å². The minimum atomic E-state index is -1.01. The molecule has 2 unspecified atom stereocenters. The van der Waals surface area contributed by atoms with Gasteiger partial charge in [-0.1, -0.05) is 6.92 Å². The van der Waals surface area contributed by atoms with Gasteiger partial charge in [0.2, 0.25) is 11.8 Å². The number of nitrogens with zero attached hydrogens (tertiary/aromatic N) is 2. The number of nitrogens with two attached hydrogens (primary N) is 1. The highest BCUT2D eigenvalue weighted by Crippen LogP contribution is 2.32. The van der Waals surface area contributed by atoms with E-state index >= 15 is 0 Å². The molecule has 2 N–H and O–H groups in total. The standard InChI is InChI=1S/C17H21F2N3O2/c1-17(9-20)5-7-21(10-17)15(23)12-4-6-22(16(12)24)11-2-3-13(18)14(19)8-11/h2-3,8,12H,4-7,9-10,20H2,1H3. The first-order chi connectivity index (χ1) is 11.3. The third kappa shape index (κ3) is 2.88. The van der Waals surface area contributed by atoms with Crippen molar-refractivity contribution in [2.45, 2.75) is 19.8 Å². The molecule has 2 aliphatic rings. The number of amides is 2. The van der Waals surface area contributed by atoms with Gasteiger partial charge >= 0.3 is 0 Å². The summed E-state index contributed by atoms with van der Waals surface area (Å²) in [6.45, 7) is 4.00. The van der Waals surface area contributed by atoms with Gasteiger partial charge in [0.05, 0.1) is 0 Å². The van der Waals surface area contributed by atoms with Gasteiger partial charge in [-0.15, -0.1) is 0 Å². The summed E-state index contributed by atoms with van der Waals surface area (Å²) >= 11 is 0. The fraction of sp³-hybridized carbons (Fsp3) is 0.529. The van der Waals surface area contributed by atoms with Crippen LogP contribution in [0.3, 0.4) is 0 Å². The van der Waals surface area contributed by atoms with Gasteiger partial charge in [-0.25, -0.2) is 8.78 Å². The molecule has 1 aromatic rings. The molecule has 2 aliphatic heterocycles. The van der Waals surface area contributed by atoms with E-state index in [0.29, 0.717) is 32.6 Å². The van der Waals surface area contributed by atoms with Crippen LogP contribution in [0.1, 0.15) is 19.8 Å². The molecule has 2 amide bonds. The lowest BCUT2D eigenvalue weighted by Gasteiger charge is -2.24. The summed E-state index contributed by atoms with van der Waals surface area (Å²) in [6.07, 6.45) is 1.20. The van der Waals surface area contributed by atoms with E-state index < -0.39 is 17.6 Å². The summed E-state index contributed by atoms with van der Waals surface area (Å²) in [4.78, 5) is 28.3. The average molecular weight is 337 g/mol. The molecule has 7 heteroatoms. The van der Waals surface area contributed by atoms with Crippen molar-refractivity contribution >= 4 is 17.5 Å². The molecule has 5 nitrogen and oxygen atoms in total. The fourth-order valence-corrected chi connectivity index (χ4v) is 3.42. The summed E-state index contributed by atoms with van der Waals surface area (Å²) < 4.78 is 26.4. The van der Waals surface area contributed by atoms with Gasteiger partial charge in [-0.2, -0.15) is 0 Å². The molecule has 24 heavy (non-hydrogen) atoms. The predicted octanol–water partition coefficient (Wildman–Crippen LogP) is 1.51. The minimum Gasteiger partial charge on any atom is -0.341 e. The van der Waals surface area contributed by atoms with Crippen LogP contribution in [-0.4, -0.2) is 42.9 Å². The van der Waals surface area contributed by atoms with E-state index in [0.717, 1.165) is 18.6 Å². The number of halogens is 2. The molecule has 1 aromatic carbocycles. The molecule has 0 aliphatic carbocycles. The molecule has 2 fully saturated rings. The fourth-order valence-electron chi connectivity index (χ4n) is 3.42. The molecule has 2 atom stereocenters. The lowest BCUT2D eigenvalue weighted by molar-refractivity contribution is -0.139. The lowest BCUT2D eigenvalue weighted by atomic mass is 9.90. The molecule has 0 radical (unpaired) electrons. The first-order valence-electron chi connectivity index (χ1n) is 8.10. The highest BCUT2D eigenvalue weighted by molar-refractivity contribution is 6.09. The number of likely N-dealkylation sites (tertiary alicyclic amines) is 1. The van der Waals surface area contributed by atoms with Crippen molar-refractivity contribution in [2.24, 2.45) is 17.1 Å². The Balaban J connectivity index is 1.72. The number of carbonyl (C=O) groups is 2. The Labute approximate surface area is 139 Å². The Morgan fingerprint density at radius 2 is 2.08 bits per heavy atom. The minimum absolute atomic E-state index is 0.100. The predicted molar refractivity (Wildman–Crippen MR) is 85.2 cm³/mol. The quantitative estimate of drug-likeness (QED) is 0.851. The summed E-state index contributed by atoms with van der Waals surface area (Å²) in [6, 6.07) is 3.33. The maximum atomic E-state index is 13.4. The van der Waals surface area contributed by atoms with E-state index in [4.69, 9.17) is 5.73 Å². The number of carbonyl (C=O) groups excluding carboxylic acids is 2. The second-order valence-electron chi connectivity index (χ2n) is 6.95. The van der Waals surface area contributed by atoms with Crippen molar-refractivity contribution in [3.05, 3.63) is 29.8 Å². The Bertz CT molecular complexity index is 682. The zero-order chi connectivity index (χ0) is 17.5. The smallest absolute Gasteiger partial charge is 0.239 e. The van der Waals surface area contributed by atoms with E-state index in [1.54, 1.807) is 4.90 Å². The van der Waals surface area contributed by atoms with Crippen molar-refractivity contribution in [1.29, 1.82) is 0 Å². The molecule has 3 rings (SSSR count). The molecule has 0 bridgehead atoms. The number of hydrogen-bond donors (Lipinski definition) is 1. The van der Waals surface area contributed by atoms with Crippen LogP contribution in [0.2, 0.25) is 0 Å². The Morgan fingerprint density at radius 3 is 2.71 bits per heavy atom. The number of rotatable bonds is 3. The number of hydrogen-bond acceptors (Lipinski definition) is 3. The largest absolute Gasteiger partial charge is 0.341 e. The molecular formula is C17H21F2N3O2. The van der Waals surface area contributed by atoms with E-state index in [2.05, 4.69) is 0 Å². The molecule has 2 heterocycles. The third-order valence-corrected chi connectivity index (χ3v) is 5.08. The van der Waals surface area contributed by atoms with Crippen molar-refractivity contribution in [3.63, 3.8) is 0 Å². The van der Waals surface area contributed by atoms with Crippen molar-refractivity contribution in [1.82, 2.24) is 4.90 Å². The highest BCUT2D eigenvalue weighted by atomic mass is 19.2. The normalized spacial score (nSPS) is 27.2. The van der Waals surface area contributed by atoms with E-state index in [9.17, 15) is 18.4 Å². The lowest BCUT2D eigenvalue weighted by Crippen LogP contribution is -2.40. The average Bonchev–Trinajstić information content (AvgIpc) is 3.14. The number of anilines is 1. The molecular weight excluding hydrogens is 316 g/mol. The molecule has 2 saturated heterocycles. The summed E-state index contributed by atoms with van der Waals surface area (Å²) in [7, 11) is 0. The van der Waals surface area contributed by atoms with Gasteiger partial charge in [-0.3, -0.25) is 9.59 Å². The Hall–Kier alpha value is -2.02. The van der Waals surface area contributed by atoms with Crippen molar-refractivity contribution in [3.8, 4) is 0 Å². The van der Waals surface area contributed by atoms with Crippen LogP contribution >= 0.6 is 0 Å². The number of benzene rings is 1. The zero-order valence-electron chi connectivity index (χ0n) is 13.6. The topological polar surface area (TPSA) is 66.6 Å². The van der Waals surface area contributed by atoms with E-state index in [1.165, 1.54) is 11.0 Å². The maximum absolute atomic E-state index is 13.4. The summed E-state index contributed by atoms with van der Waals surface area (Å²) in [5.74, 6) is -3.27. The van der Waals surface area contributed by atoms with Crippen molar-refractivity contribution < 1.29 is 18.4 Å². The van der Waals surface area contributed by atoms with Crippen LogP contribution in [0.25, 0.3) is 0 Å². The first-order valence-corrected chi connectivity index (χ1v) is 8.10. The van der Waals surface area contributed by atoms with Gasteiger partial charge in [0, 0.05) is 31.4 Å². The van der Waals surface area contributed by atoms with Gasteiger partial charge < -0.3 is 15.5 Å². The van der Waals surface area contributed by atoms with E-state index in [-0.39, 0.29) is 22.9 Å². The molecule has 0 aromatic heterocycles. The van der Waals surface area contributed by atoms with Gasteiger partial charge in [-0.05, 0) is 36.9 Å². The molecule has 130 valence electrons. The maximum Gasteiger partial charge on any atom is 0.239 e. The monoisotopic (exact) mass is 337 g/mol. The summed E-state index contributed by atoms with van der Waals surface area (Å²) in [5, 5.41) is 0. The van der Waals surface area contributed by atoms with Crippen molar-refractivity contribution in [2.75, 3.05) is 31.1 Å². The van der Waals surface area contributed by atoms with Gasteiger partial charge in [0.15, 0.2) is 11.6 Å². The zero-order valence-corrected chi connectivity index (χ0v) is 13.6. The second-order valence-corrected chi connectivity index (χ2v) is 6.95. The second kappa shape index (κ2) is 6.12. The molecule has 0 spiro atoms. The Morgan fingerprint density at radius 1 is 1.33 bits per heavy atom. The van der Waals surface area contributed by atoms with Crippen LogP contribution in [0.15, 0.2) is 18.2 Å². The first kappa shape index (κ1) is 16.8. The van der Waals surface area contributed by atoms with Crippen LogP contribution in [0.4, 0.5) is 14.5 Å². The summed E-state index contributed by atoms with van der Waals surface area (Å²) in [5.41, 5.74) is 5.94. The van der Waals surface area contributed by atoms with Crippen LogP contribution in [0, 0.1) is 23.0 Å². The van der Waals surface area contributed by atoms with Gasteiger partial charge in [0.25, 0.3) is 0 Å².